The summed E-state index contributed by atoms with van der Waals surface area (Å²) in [5.74, 6) is -0.0194. The number of halogens is 1. The number of rotatable bonds is 4. The first-order valence-corrected chi connectivity index (χ1v) is 10.2. The number of benzene rings is 1. The Hall–Kier alpha value is -2.64. The van der Waals surface area contributed by atoms with Crippen LogP contribution in [-0.2, 0) is 13.5 Å². The standard InChI is InChI=1S/C22H28N6O.ClH/c1-5-16-6-8-17(9-7-16)20-13-23-10-11-28(20)22(29)19-12-18(24-25-19)21-14(2)26-27(4)15(21)3;/h6-9,12,20,23H,5,10-11,13H2,1-4H3,(H,24,25);1H. The van der Waals surface area contributed by atoms with Gasteiger partial charge < -0.3 is 10.2 Å². The highest BCUT2D eigenvalue weighted by atomic mass is 35.5. The van der Waals surface area contributed by atoms with Crippen LogP contribution >= 0.6 is 12.4 Å². The number of nitrogens with one attached hydrogen (secondary N) is 2. The molecule has 4 rings (SSSR count). The summed E-state index contributed by atoms with van der Waals surface area (Å²) >= 11 is 0. The van der Waals surface area contributed by atoms with Crippen LogP contribution in [0.2, 0.25) is 0 Å². The molecule has 3 aromatic rings. The minimum atomic E-state index is -0.0194. The topological polar surface area (TPSA) is 78.8 Å². The van der Waals surface area contributed by atoms with Gasteiger partial charge in [-0.05, 0) is 37.5 Å². The summed E-state index contributed by atoms with van der Waals surface area (Å²) in [6.07, 6.45) is 1.01. The summed E-state index contributed by atoms with van der Waals surface area (Å²) in [6.45, 7) is 8.32. The second-order valence-electron chi connectivity index (χ2n) is 7.65. The van der Waals surface area contributed by atoms with Gasteiger partial charge in [0, 0.05) is 37.9 Å². The SMILES string of the molecule is CCc1ccc(C2CNCCN2C(=O)c2cc(-c3c(C)nn(C)c3C)n[nH]2)cc1.Cl. The summed E-state index contributed by atoms with van der Waals surface area (Å²) in [4.78, 5) is 15.3. The van der Waals surface area contributed by atoms with E-state index in [4.69, 9.17) is 0 Å². The van der Waals surface area contributed by atoms with Crippen molar-refractivity contribution < 1.29 is 4.79 Å². The van der Waals surface area contributed by atoms with Crippen LogP contribution in [-0.4, -0.2) is 50.4 Å². The third kappa shape index (κ3) is 4.00. The fourth-order valence-corrected chi connectivity index (χ4v) is 4.08. The molecular weight excluding hydrogens is 400 g/mol. The van der Waals surface area contributed by atoms with Crippen molar-refractivity contribution in [3.05, 3.63) is 58.5 Å². The first-order chi connectivity index (χ1) is 14.0. The second-order valence-corrected chi connectivity index (χ2v) is 7.65. The third-order valence-electron chi connectivity index (χ3n) is 5.85. The van der Waals surface area contributed by atoms with Gasteiger partial charge in [-0.2, -0.15) is 10.2 Å². The highest BCUT2D eigenvalue weighted by Crippen LogP contribution is 2.28. The molecule has 1 aliphatic rings. The van der Waals surface area contributed by atoms with Gasteiger partial charge in [0.25, 0.3) is 5.91 Å². The number of nitrogens with zero attached hydrogens (tertiary/aromatic N) is 4. The number of aromatic amines is 1. The molecule has 1 unspecified atom stereocenters. The molecule has 0 aliphatic carbocycles. The maximum absolute atomic E-state index is 13.3. The number of hydrogen-bond acceptors (Lipinski definition) is 4. The fourth-order valence-electron chi connectivity index (χ4n) is 4.08. The number of piperazine rings is 1. The highest BCUT2D eigenvalue weighted by molar-refractivity contribution is 5.94. The molecule has 30 heavy (non-hydrogen) atoms. The van der Waals surface area contributed by atoms with Gasteiger partial charge in [0.1, 0.15) is 5.69 Å². The van der Waals surface area contributed by atoms with Crippen molar-refractivity contribution in [2.24, 2.45) is 7.05 Å². The number of aryl methyl sites for hydroxylation is 3. The number of carbonyl (C=O) groups is 1. The van der Waals surface area contributed by atoms with Gasteiger partial charge in [-0.25, -0.2) is 0 Å². The molecule has 1 aliphatic heterocycles. The van der Waals surface area contributed by atoms with Crippen LogP contribution in [0.25, 0.3) is 11.3 Å². The number of amides is 1. The molecular formula is C22H29ClN6O. The van der Waals surface area contributed by atoms with E-state index in [1.807, 2.05) is 36.5 Å². The molecule has 2 N–H and O–H groups in total. The Balaban J connectivity index is 0.00000256. The number of aromatic nitrogens is 4. The lowest BCUT2D eigenvalue weighted by Crippen LogP contribution is -2.48. The largest absolute Gasteiger partial charge is 0.328 e. The van der Waals surface area contributed by atoms with Gasteiger partial charge in [0.05, 0.1) is 17.4 Å². The van der Waals surface area contributed by atoms with E-state index in [0.29, 0.717) is 12.2 Å². The van der Waals surface area contributed by atoms with E-state index < -0.39 is 0 Å². The Bertz CT molecular complexity index is 1020. The summed E-state index contributed by atoms with van der Waals surface area (Å²) in [5, 5.41) is 15.2. The van der Waals surface area contributed by atoms with Crippen LogP contribution in [0, 0.1) is 13.8 Å². The molecule has 3 heterocycles. The maximum Gasteiger partial charge on any atom is 0.272 e. The van der Waals surface area contributed by atoms with Gasteiger partial charge >= 0.3 is 0 Å². The highest BCUT2D eigenvalue weighted by Gasteiger charge is 2.30. The minimum absolute atomic E-state index is 0. The minimum Gasteiger partial charge on any atom is -0.328 e. The molecule has 1 saturated heterocycles. The predicted octanol–water partition coefficient (Wildman–Crippen LogP) is 3.20. The summed E-state index contributed by atoms with van der Waals surface area (Å²) in [5.41, 5.74) is 6.65. The zero-order valence-electron chi connectivity index (χ0n) is 17.9. The van der Waals surface area contributed by atoms with Crippen molar-refractivity contribution in [2.75, 3.05) is 19.6 Å². The van der Waals surface area contributed by atoms with Crippen molar-refractivity contribution >= 4 is 18.3 Å². The molecule has 1 atom stereocenters. The van der Waals surface area contributed by atoms with Crippen molar-refractivity contribution in [2.45, 2.75) is 33.2 Å². The quantitative estimate of drug-likeness (QED) is 0.668. The van der Waals surface area contributed by atoms with Crippen molar-refractivity contribution in [3.8, 4) is 11.3 Å². The lowest BCUT2D eigenvalue weighted by atomic mass is 10.0. The molecule has 1 aromatic carbocycles. The van der Waals surface area contributed by atoms with Crippen molar-refractivity contribution in [3.63, 3.8) is 0 Å². The molecule has 7 nitrogen and oxygen atoms in total. The zero-order chi connectivity index (χ0) is 20.5. The van der Waals surface area contributed by atoms with Crippen LogP contribution in [0.5, 0.6) is 0 Å². The Morgan fingerprint density at radius 2 is 1.97 bits per heavy atom. The molecule has 1 amide bonds. The molecule has 8 heteroatoms. The van der Waals surface area contributed by atoms with E-state index in [2.05, 4.69) is 51.8 Å². The lowest BCUT2D eigenvalue weighted by Gasteiger charge is -2.36. The van der Waals surface area contributed by atoms with Gasteiger partial charge in [0.2, 0.25) is 0 Å². The van der Waals surface area contributed by atoms with E-state index in [0.717, 1.165) is 47.7 Å². The second kappa shape index (κ2) is 9.02. The van der Waals surface area contributed by atoms with Gasteiger partial charge in [-0.3, -0.25) is 14.6 Å². The van der Waals surface area contributed by atoms with E-state index >= 15 is 0 Å². The Morgan fingerprint density at radius 3 is 2.60 bits per heavy atom. The van der Waals surface area contributed by atoms with E-state index in [1.54, 1.807) is 0 Å². The summed E-state index contributed by atoms with van der Waals surface area (Å²) in [7, 11) is 1.92. The Morgan fingerprint density at radius 1 is 1.23 bits per heavy atom. The summed E-state index contributed by atoms with van der Waals surface area (Å²) in [6, 6.07) is 10.4. The van der Waals surface area contributed by atoms with Crippen molar-refractivity contribution in [1.82, 2.24) is 30.2 Å². The van der Waals surface area contributed by atoms with Crippen LogP contribution in [0.15, 0.2) is 30.3 Å². The van der Waals surface area contributed by atoms with Crippen LogP contribution in [0.1, 0.15) is 46.0 Å². The average molecular weight is 429 g/mol. The fraction of sp³-hybridized carbons (Fsp3) is 0.409. The third-order valence-corrected chi connectivity index (χ3v) is 5.85. The lowest BCUT2D eigenvalue weighted by molar-refractivity contribution is 0.0628. The summed E-state index contributed by atoms with van der Waals surface area (Å²) < 4.78 is 1.84. The number of carbonyl (C=O) groups excluding carboxylic acids is 1. The Labute approximate surface area is 183 Å². The monoisotopic (exact) mass is 428 g/mol. The normalized spacial score (nSPS) is 16.4. The zero-order valence-corrected chi connectivity index (χ0v) is 18.7. The number of H-pyrrole nitrogens is 1. The van der Waals surface area contributed by atoms with Gasteiger partial charge in [0.15, 0.2) is 0 Å². The van der Waals surface area contributed by atoms with Gasteiger partial charge in [-0.1, -0.05) is 31.2 Å². The molecule has 0 saturated carbocycles. The molecule has 0 radical (unpaired) electrons. The van der Waals surface area contributed by atoms with E-state index in [1.165, 1.54) is 5.56 Å². The van der Waals surface area contributed by atoms with Crippen LogP contribution in [0.4, 0.5) is 0 Å². The molecule has 160 valence electrons. The predicted molar refractivity (Wildman–Crippen MR) is 120 cm³/mol. The first kappa shape index (κ1) is 22.1. The Kier molecular flexibility index (Phi) is 6.63. The number of hydrogen-bond donors (Lipinski definition) is 2. The van der Waals surface area contributed by atoms with Crippen LogP contribution < -0.4 is 5.32 Å². The molecule has 0 spiro atoms. The first-order valence-electron chi connectivity index (χ1n) is 10.2. The average Bonchev–Trinajstić information content (AvgIpc) is 3.32. The van der Waals surface area contributed by atoms with Crippen LogP contribution in [0.3, 0.4) is 0 Å². The van der Waals surface area contributed by atoms with E-state index in [9.17, 15) is 4.79 Å². The van der Waals surface area contributed by atoms with Crippen molar-refractivity contribution in [1.29, 1.82) is 0 Å². The molecule has 1 fully saturated rings. The molecule has 2 aromatic heterocycles. The van der Waals surface area contributed by atoms with Gasteiger partial charge in [-0.15, -0.1) is 12.4 Å². The maximum atomic E-state index is 13.3. The van der Waals surface area contributed by atoms with E-state index in [-0.39, 0.29) is 24.4 Å². The molecule has 0 bridgehead atoms. The smallest absolute Gasteiger partial charge is 0.272 e.